The number of hydrogen-bond acceptors (Lipinski definition) is 5. The van der Waals surface area contributed by atoms with Gasteiger partial charge in [-0.25, -0.2) is 9.97 Å². The van der Waals surface area contributed by atoms with Crippen molar-refractivity contribution in [2.24, 2.45) is 0 Å². The van der Waals surface area contributed by atoms with E-state index in [1.54, 1.807) is 24.5 Å². The normalized spacial score (nSPS) is 10.4. The lowest BCUT2D eigenvalue weighted by Crippen LogP contribution is -2.11. The summed E-state index contributed by atoms with van der Waals surface area (Å²) in [6.07, 6.45) is 4.84. The largest absolute Gasteiger partial charge is 0.298 e. The molecule has 0 fully saturated rings. The second-order valence-corrected chi connectivity index (χ2v) is 4.52. The standard InChI is InChI=1S/C12H8N4OS/c17-10(8-3-1-5-13-7-8)16-12-15-9-4-2-6-14-11(9)18-12/h1-7H,(H,15,16,17). The maximum atomic E-state index is 11.9. The number of nitrogens with one attached hydrogen (secondary N) is 1. The molecule has 0 aliphatic carbocycles. The van der Waals surface area contributed by atoms with Crippen LogP contribution in [0.2, 0.25) is 0 Å². The Balaban J connectivity index is 1.86. The van der Waals surface area contributed by atoms with Gasteiger partial charge >= 0.3 is 0 Å². The average Bonchev–Trinajstić information content (AvgIpc) is 2.82. The Morgan fingerprint density at radius 3 is 2.89 bits per heavy atom. The third kappa shape index (κ3) is 2.05. The van der Waals surface area contributed by atoms with E-state index in [9.17, 15) is 4.79 Å². The molecule has 3 heterocycles. The van der Waals surface area contributed by atoms with E-state index < -0.39 is 0 Å². The molecule has 3 aromatic heterocycles. The second kappa shape index (κ2) is 4.50. The first-order valence-corrected chi connectivity index (χ1v) is 6.07. The van der Waals surface area contributed by atoms with Gasteiger partial charge in [-0.05, 0) is 24.3 Å². The van der Waals surface area contributed by atoms with Gasteiger partial charge in [0.05, 0.1) is 5.56 Å². The molecule has 0 atom stereocenters. The highest BCUT2D eigenvalue weighted by atomic mass is 32.1. The van der Waals surface area contributed by atoms with E-state index >= 15 is 0 Å². The fraction of sp³-hybridized carbons (Fsp3) is 0. The van der Waals surface area contributed by atoms with Crippen LogP contribution < -0.4 is 5.32 Å². The van der Waals surface area contributed by atoms with E-state index in [1.165, 1.54) is 17.5 Å². The van der Waals surface area contributed by atoms with Crippen molar-refractivity contribution in [1.29, 1.82) is 0 Å². The molecule has 1 N–H and O–H groups in total. The summed E-state index contributed by atoms with van der Waals surface area (Å²) in [5.74, 6) is -0.220. The first kappa shape index (κ1) is 10.8. The lowest BCUT2D eigenvalue weighted by molar-refractivity contribution is 0.102. The van der Waals surface area contributed by atoms with Gasteiger partial charge in [0.2, 0.25) is 0 Å². The molecule has 0 radical (unpaired) electrons. The molecule has 0 aliphatic rings. The Morgan fingerprint density at radius 1 is 1.22 bits per heavy atom. The van der Waals surface area contributed by atoms with E-state index in [1.807, 2.05) is 12.1 Å². The maximum absolute atomic E-state index is 11.9. The monoisotopic (exact) mass is 256 g/mol. The first-order valence-electron chi connectivity index (χ1n) is 5.26. The molecule has 0 spiro atoms. The van der Waals surface area contributed by atoms with Crippen molar-refractivity contribution in [1.82, 2.24) is 15.0 Å². The predicted molar refractivity (Wildman–Crippen MR) is 69.6 cm³/mol. The minimum absolute atomic E-state index is 0.220. The number of aromatic nitrogens is 3. The molecule has 18 heavy (non-hydrogen) atoms. The summed E-state index contributed by atoms with van der Waals surface area (Å²) in [7, 11) is 0. The highest BCUT2D eigenvalue weighted by molar-refractivity contribution is 7.21. The van der Waals surface area contributed by atoms with Crippen molar-refractivity contribution in [2.45, 2.75) is 0 Å². The molecule has 5 nitrogen and oxygen atoms in total. The second-order valence-electron chi connectivity index (χ2n) is 3.54. The van der Waals surface area contributed by atoms with E-state index in [4.69, 9.17) is 0 Å². The SMILES string of the molecule is O=C(Nc1nc2cccnc2s1)c1cccnc1. The minimum atomic E-state index is -0.220. The van der Waals surface area contributed by atoms with Crippen LogP contribution in [0.5, 0.6) is 0 Å². The summed E-state index contributed by atoms with van der Waals surface area (Å²) in [5, 5.41) is 3.28. The van der Waals surface area contributed by atoms with Crippen LogP contribution >= 0.6 is 11.3 Å². The molecule has 0 aliphatic heterocycles. The van der Waals surface area contributed by atoms with Crippen LogP contribution in [0.1, 0.15) is 10.4 Å². The number of thiazole rings is 1. The van der Waals surface area contributed by atoms with Gasteiger partial charge in [0, 0.05) is 18.6 Å². The molecule has 6 heteroatoms. The zero-order chi connectivity index (χ0) is 12.4. The van der Waals surface area contributed by atoms with Crippen molar-refractivity contribution >= 4 is 32.7 Å². The van der Waals surface area contributed by atoms with Crippen LogP contribution in [0.4, 0.5) is 5.13 Å². The Hall–Kier alpha value is -2.34. The number of fused-ring (bicyclic) bond motifs is 1. The summed E-state index contributed by atoms with van der Waals surface area (Å²) in [6, 6.07) is 7.09. The van der Waals surface area contributed by atoms with Gasteiger partial charge in [-0.15, -0.1) is 0 Å². The van der Waals surface area contributed by atoms with Gasteiger partial charge in [0.15, 0.2) is 5.13 Å². The molecule has 0 aromatic carbocycles. The number of carbonyl (C=O) groups excluding carboxylic acids is 1. The molecule has 88 valence electrons. The third-order valence-corrected chi connectivity index (χ3v) is 3.21. The molecule has 1 amide bonds. The quantitative estimate of drug-likeness (QED) is 0.764. The van der Waals surface area contributed by atoms with Crippen molar-refractivity contribution in [2.75, 3.05) is 5.32 Å². The van der Waals surface area contributed by atoms with Crippen molar-refractivity contribution in [3.05, 3.63) is 48.4 Å². The van der Waals surface area contributed by atoms with Gasteiger partial charge in [0.1, 0.15) is 10.3 Å². The van der Waals surface area contributed by atoms with E-state index in [-0.39, 0.29) is 5.91 Å². The zero-order valence-electron chi connectivity index (χ0n) is 9.20. The Labute approximate surface area is 107 Å². The highest BCUT2D eigenvalue weighted by Gasteiger charge is 2.09. The van der Waals surface area contributed by atoms with E-state index in [0.717, 1.165) is 10.3 Å². The molecule has 0 saturated heterocycles. The maximum Gasteiger partial charge on any atom is 0.259 e. The van der Waals surface area contributed by atoms with Crippen LogP contribution in [-0.2, 0) is 0 Å². The molecule has 0 saturated carbocycles. The number of amides is 1. The van der Waals surface area contributed by atoms with Gasteiger partial charge in [-0.2, -0.15) is 0 Å². The molecule has 3 aromatic rings. The molecular formula is C12H8N4OS. The third-order valence-electron chi connectivity index (χ3n) is 2.31. The summed E-state index contributed by atoms with van der Waals surface area (Å²) < 4.78 is 0. The topological polar surface area (TPSA) is 67.8 Å². The van der Waals surface area contributed by atoms with Gasteiger partial charge in [-0.1, -0.05) is 11.3 Å². The number of carbonyl (C=O) groups is 1. The number of hydrogen-bond donors (Lipinski definition) is 1. The fourth-order valence-electron chi connectivity index (χ4n) is 1.49. The van der Waals surface area contributed by atoms with E-state index in [2.05, 4.69) is 20.3 Å². The first-order chi connectivity index (χ1) is 8.83. The van der Waals surface area contributed by atoms with Gasteiger partial charge in [-0.3, -0.25) is 15.1 Å². The van der Waals surface area contributed by atoms with Crippen LogP contribution in [-0.4, -0.2) is 20.9 Å². The molecule has 0 unspecified atom stereocenters. The lowest BCUT2D eigenvalue weighted by Gasteiger charge is -1.99. The van der Waals surface area contributed by atoms with Gasteiger partial charge in [0.25, 0.3) is 5.91 Å². The van der Waals surface area contributed by atoms with Crippen LogP contribution in [0, 0.1) is 0 Å². The minimum Gasteiger partial charge on any atom is -0.298 e. The summed E-state index contributed by atoms with van der Waals surface area (Å²) in [5.41, 5.74) is 1.29. The number of nitrogens with zero attached hydrogens (tertiary/aromatic N) is 3. The molecule has 0 bridgehead atoms. The smallest absolute Gasteiger partial charge is 0.259 e. The predicted octanol–water partition coefficient (Wildman–Crippen LogP) is 2.34. The highest BCUT2D eigenvalue weighted by Crippen LogP contribution is 2.23. The number of rotatable bonds is 2. The molecular weight excluding hydrogens is 248 g/mol. The summed E-state index contributed by atoms with van der Waals surface area (Å²) >= 11 is 1.35. The van der Waals surface area contributed by atoms with Crippen LogP contribution in [0.15, 0.2) is 42.9 Å². The summed E-state index contributed by atoms with van der Waals surface area (Å²) in [4.78, 5) is 25.0. The Kier molecular flexibility index (Phi) is 2.70. The summed E-state index contributed by atoms with van der Waals surface area (Å²) in [6.45, 7) is 0. The number of pyridine rings is 2. The number of anilines is 1. The van der Waals surface area contributed by atoms with Crippen LogP contribution in [0.25, 0.3) is 10.3 Å². The zero-order valence-corrected chi connectivity index (χ0v) is 10.0. The van der Waals surface area contributed by atoms with Crippen molar-refractivity contribution in [3.63, 3.8) is 0 Å². The van der Waals surface area contributed by atoms with Crippen molar-refractivity contribution < 1.29 is 4.79 Å². The van der Waals surface area contributed by atoms with Crippen molar-refractivity contribution in [3.8, 4) is 0 Å². The average molecular weight is 256 g/mol. The van der Waals surface area contributed by atoms with E-state index in [0.29, 0.717) is 10.7 Å². The fourth-order valence-corrected chi connectivity index (χ4v) is 2.29. The molecule has 3 rings (SSSR count). The Morgan fingerprint density at radius 2 is 2.11 bits per heavy atom. The lowest BCUT2D eigenvalue weighted by atomic mass is 10.3. The Bertz CT molecular complexity index is 662. The van der Waals surface area contributed by atoms with Crippen LogP contribution in [0.3, 0.4) is 0 Å². The van der Waals surface area contributed by atoms with Gasteiger partial charge < -0.3 is 0 Å².